The van der Waals surface area contributed by atoms with Gasteiger partial charge in [-0.1, -0.05) is 36.8 Å². The summed E-state index contributed by atoms with van der Waals surface area (Å²) in [4.78, 5) is 12.2. The molecule has 4 heteroatoms. The first-order valence-corrected chi connectivity index (χ1v) is 7.96. The topological polar surface area (TPSA) is 58.4 Å². The van der Waals surface area contributed by atoms with Gasteiger partial charge in [-0.05, 0) is 45.1 Å². The van der Waals surface area contributed by atoms with Crippen molar-refractivity contribution >= 4 is 5.91 Å². The molecule has 0 radical (unpaired) electrons. The highest BCUT2D eigenvalue weighted by molar-refractivity contribution is 5.81. The van der Waals surface area contributed by atoms with Crippen LogP contribution in [0.15, 0.2) is 30.3 Å². The number of rotatable bonds is 5. The fourth-order valence-corrected chi connectivity index (χ4v) is 2.95. The molecule has 4 nitrogen and oxygen atoms in total. The number of hydrogen-bond acceptors (Lipinski definition) is 3. The fraction of sp³-hybridized carbons (Fsp3) is 0.588. The lowest BCUT2D eigenvalue weighted by Gasteiger charge is -2.39. The molecule has 1 aliphatic rings. The smallest absolute Gasteiger partial charge is 0.251 e. The lowest BCUT2D eigenvalue weighted by Crippen LogP contribution is -2.57. The van der Waals surface area contributed by atoms with Gasteiger partial charge in [-0.3, -0.25) is 10.2 Å². The lowest BCUT2D eigenvalue weighted by atomic mass is 9.99. The van der Waals surface area contributed by atoms with Crippen LogP contribution in [0.1, 0.15) is 45.1 Å². The van der Waals surface area contributed by atoms with E-state index in [0.717, 1.165) is 19.3 Å². The molecule has 3 N–H and O–H groups in total. The van der Waals surface area contributed by atoms with Crippen LogP contribution in [-0.2, 0) is 11.2 Å². The van der Waals surface area contributed by atoms with Gasteiger partial charge in [-0.25, -0.2) is 5.01 Å². The van der Waals surface area contributed by atoms with E-state index in [4.69, 9.17) is 5.73 Å². The van der Waals surface area contributed by atoms with E-state index >= 15 is 0 Å². The number of benzene rings is 1. The molecule has 0 bridgehead atoms. The van der Waals surface area contributed by atoms with Crippen molar-refractivity contribution in [2.45, 2.75) is 64.1 Å². The van der Waals surface area contributed by atoms with E-state index in [9.17, 15) is 4.79 Å². The molecule has 2 rings (SSSR count). The Morgan fingerprint density at radius 2 is 1.90 bits per heavy atom. The molecule has 0 saturated carbocycles. The molecule has 1 aromatic rings. The lowest BCUT2D eigenvalue weighted by molar-refractivity contribution is -0.130. The van der Waals surface area contributed by atoms with Gasteiger partial charge in [0.05, 0.1) is 6.04 Å². The van der Waals surface area contributed by atoms with E-state index < -0.39 is 6.04 Å². The fourth-order valence-electron chi connectivity index (χ4n) is 2.95. The van der Waals surface area contributed by atoms with Crippen LogP contribution in [0.2, 0.25) is 0 Å². The van der Waals surface area contributed by atoms with Crippen molar-refractivity contribution in [1.29, 1.82) is 0 Å². The first-order valence-electron chi connectivity index (χ1n) is 7.96. The number of nitrogens with one attached hydrogen (secondary N) is 1. The van der Waals surface area contributed by atoms with Gasteiger partial charge < -0.3 is 5.73 Å². The Hall–Kier alpha value is -1.39. The van der Waals surface area contributed by atoms with E-state index in [2.05, 4.69) is 36.4 Å². The number of piperidine rings is 1. The number of nitrogens with two attached hydrogens (primary N) is 1. The second kappa shape index (κ2) is 7.57. The van der Waals surface area contributed by atoms with Crippen LogP contribution in [0.25, 0.3) is 0 Å². The van der Waals surface area contributed by atoms with Crippen LogP contribution in [0, 0.1) is 0 Å². The third kappa shape index (κ3) is 4.55. The molecule has 1 heterocycles. The number of amides is 1. The van der Waals surface area contributed by atoms with Crippen LogP contribution < -0.4 is 11.2 Å². The quantitative estimate of drug-likeness (QED) is 0.874. The summed E-state index contributed by atoms with van der Waals surface area (Å²) in [6.07, 6.45) is 5.00. The van der Waals surface area contributed by atoms with Gasteiger partial charge in [-0.15, -0.1) is 0 Å². The molecule has 0 aliphatic carbocycles. The van der Waals surface area contributed by atoms with Crippen molar-refractivity contribution in [2.75, 3.05) is 0 Å². The Morgan fingerprint density at radius 1 is 1.29 bits per heavy atom. The number of carbonyl (C=O) groups is 1. The van der Waals surface area contributed by atoms with Crippen molar-refractivity contribution in [1.82, 2.24) is 10.4 Å². The summed E-state index contributed by atoms with van der Waals surface area (Å²) in [5.74, 6) is -0.0634. The van der Waals surface area contributed by atoms with Gasteiger partial charge in [0.2, 0.25) is 0 Å². The summed E-state index contributed by atoms with van der Waals surface area (Å²) in [6.45, 7) is 4.32. The van der Waals surface area contributed by atoms with Crippen molar-refractivity contribution in [3.8, 4) is 0 Å². The van der Waals surface area contributed by atoms with Gasteiger partial charge in [0.15, 0.2) is 0 Å². The average molecular weight is 289 g/mol. The van der Waals surface area contributed by atoms with Crippen molar-refractivity contribution in [3.05, 3.63) is 35.9 Å². The summed E-state index contributed by atoms with van der Waals surface area (Å²) in [6, 6.07) is 10.5. The predicted molar refractivity (Wildman–Crippen MR) is 85.5 cm³/mol. The van der Waals surface area contributed by atoms with Crippen LogP contribution >= 0.6 is 0 Å². The second-order valence-electron chi connectivity index (χ2n) is 6.14. The summed E-state index contributed by atoms with van der Waals surface area (Å²) < 4.78 is 0. The van der Waals surface area contributed by atoms with Gasteiger partial charge in [-0.2, -0.15) is 0 Å². The molecule has 3 unspecified atom stereocenters. The Balaban J connectivity index is 1.82. The number of nitrogens with zero attached hydrogens (tertiary/aromatic N) is 1. The molecule has 1 amide bonds. The molecule has 0 spiro atoms. The third-order valence-corrected chi connectivity index (χ3v) is 4.36. The van der Waals surface area contributed by atoms with E-state index in [1.165, 1.54) is 12.0 Å². The molecule has 3 atom stereocenters. The number of hydrazine groups is 1. The minimum Gasteiger partial charge on any atom is -0.320 e. The maximum atomic E-state index is 12.2. The molecular formula is C17H27N3O. The van der Waals surface area contributed by atoms with E-state index in [-0.39, 0.29) is 5.91 Å². The summed E-state index contributed by atoms with van der Waals surface area (Å²) in [5, 5.41) is 2.08. The van der Waals surface area contributed by atoms with E-state index in [1.807, 2.05) is 18.2 Å². The normalized spacial score (nSPS) is 24.5. The highest BCUT2D eigenvalue weighted by atomic mass is 16.2. The van der Waals surface area contributed by atoms with Crippen LogP contribution in [-0.4, -0.2) is 29.0 Å². The number of hydrogen-bond donors (Lipinski definition) is 2. The van der Waals surface area contributed by atoms with Crippen molar-refractivity contribution < 1.29 is 4.79 Å². The maximum Gasteiger partial charge on any atom is 0.251 e. The Morgan fingerprint density at radius 3 is 2.52 bits per heavy atom. The zero-order chi connectivity index (χ0) is 15.2. The zero-order valence-electron chi connectivity index (χ0n) is 13.1. The number of carbonyl (C=O) groups excluding carboxylic acids is 1. The SMILES string of the molecule is CC1CCCC(C)N1NC(=O)C(N)CCc1ccccc1. The second-order valence-corrected chi connectivity index (χ2v) is 6.14. The number of aryl methyl sites for hydroxylation is 1. The molecular weight excluding hydrogens is 262 g/mol. The molecule has 1 saturated heterocycles. The summed E-state index contributed by atoms with van der Waals surface area (Å²) in [5.41, 5.74) is 10.3. The molecule has 1 aliphatic heterocycles. The van der Waals surface area contributed by atoms with Crippen molar-refractivity contribution in [2.24, 2.45) is 5.73 Å². The predicted octanol–water partition coefficient (Wildman–Crippen LogP) is 2.24. The highest BCUT2D eigenvalue weighted by Gasteiger charge is 2.27. The first-order chi connectivity index (χ1) is 10.1. The average Bonchev–Trinajstić information content (AvgIpc) is 2.49. The molecule has 0 aromatic heterocycles. The Labute approximate surface area is 127 Å². The summed E-state index contributed by atoms with van der Waals surface area (Å²) in [7, 11) is 0. The molecule has 21 heavy (non-hydrogen) atoms. The van der Waals surface area contributed by atoms with Gasteiger partial charge in [0.25, 0.3) is 5.91 Å². The minimum atomic E-state index is -0.452. The van der Waals surface area contributed by atoms with Crippen LogP contribution in [0.3, 0.4) is 0 Å². The third-order valence-electron chi connectivity index (χ3n) is 4.36. The standard InChI is InChI=1S/C17H27N3O/c1-13-7-6-8-14(2)20(13)19-17(21)16(18)12-11-15-9-4-3-5-10-15/h3-5,9-10,13-14,16H,6-8,11-12,18H2,1-2H3,(H,19,21). The Bertz CT molecular complexity index is 439. The monoisotopic (exact) mass is 289 g/mol. The summed E-state index contributed by atoms with van der Waals surface area (Å²) >= 11 is 0. The van der Waals surface area contributed by atoms with Gasteiger partial charge >= 0.3 is 0 Å². The largest absolute Gasteiger partial charge is 0.320 e. The van der Waals surface area contributed by atoms with E-state index in [1.54, 1.807) is 0 Å². The molecule has 1 aromatic carbocycles. The minimum absolute atomic E-state index is 0.0634. The molecule has 1 fully saturated rings. The molecule has 116 valence electrons. The van der Waals surface area contributed by atoms with Crippen molar-refractivity contribution in [3.63, 3.8) is 0 Å². The van der Waals surface area contributed by atoms with Gasteiger partial charge in [0, 0.05) is 12.1 Å². The zero-order valence-corrected chi connectivity index (χ0v) is 13.1. The van der Waals surface area contributed by atoms with Crippen LogP contribution in [0.5, 0.6) is 0 Å². The highest BCUT2D eigenvalue weighted by Crippen LogP contribution is 2.20. The van der Waals surface area contributed by atoms with Gasteiger partial charge in [0.1, 0.15) is 0 Å². The maximum absolute atomic E-state index is 12.2. The first kappa shape index (κ1) is 16.0. The Kier molecular flexibility index (Phi) is 5.76. The van der Waals surface area contributed by atoms with E-state index in [0.29, 0.717) is 18.5 Å². The van der Waals surface area contributed by atoms with Crippen LogP contribution in [0.4, 0.5) is 0 Å².